The maximum absolute atomic E-state index is 9.82. The molecule has 3 aromatic heterocycles. The van der Waals surface area contributed by atoms with Crippen molar-refractivity contribution in [2.45, 2.75) is 24.9 Å². The van der Waals surface area contributed by atoms with Crippen LogP contribution in [0.3, 0.4) is 0 Å². The van der Waals surface area contributed by atoms with Gasteiger partial charge in [-0.15, -0.1) is 0 Å². The zero-order valence-corrected chi connectivity index (χ0v) is 10.8. The maximum atomic E-state index is 9.82. The predicted octanol–water partition coefficient (Wildman–Crippen LogP) is -1.62. The summed E-state index contributed by atoms with van der Waals surface area (Å²) in [5.74, 6) is 0. The van der Waals surface area contributed by atoms with Crippen molar-refractivity contribution >= 4 is 22.8 Å². The number of nitrogens with zero attached hydrogens (tertiary/aromatic N) is 5. The number of aromatic nitrogens is 5. The highest BCUT2D eigenvalue weighted by Gasteiger charge is 2.36. The molecule has 0 radical (unpaired) electrons. The first-order chi connectivity index (χ1) is 10.2. The molecule has 110 valence electrons. The van der Waals surface area contributed by atoms with E-state index in [1.165, 1.54) is 10.9 Å². The molecule has 4 rings (SSSR count). The molecule has 0 unspecified atom stereocenters. The van der Waals surface area contributed by atoms with Crippen molar-refractivity contribution in [1.82, 2.24) is 19.5 Å². The number of hydrogen-bond acceptors (Lipinski definition) is 8. The van der Waals surface area contributed by atoms with Gasteiger partial charge in [-0.2, -0.15) is 0 Å². The van der Waals surface area contributed by atoms with E-state index in [0.29, 0.717) is 23.2 Å². The van der Waals surface area contributed by atoms with E-state index in [-0.39, 0.29) is 12.6 Å². The Bertz CT molecular complexity index is 814. The highest BCUT2D eigenvalue weighted by molar-refractivity contribution is 5.82. The Morgan fingerprint density at radius 3 is 3.10 bits per heavy atom. The Labute approximate surface area is 117 Å². The molecule has 1 aliphatic heterocycles. The number of aliphatic hydroxyl groups is 2. The van der Waals surface area contributed by atoms with Crippen LogP contribution in [-0.2, 0) is 4.74 Å². The molecule has 3 atom stereocenters. The summed E-state index contributed by atoms with van der Waals surface area (Å²) in [5.41, 5.74) is 7.03. The van der Waals surface area contributed by atoms with Crippen molar-refractivity contribution in [3.63, 3.8) is 0 Å². The Balaban J connectivity index is 1.82. The van der Waals surface area contributed by atoms with E-state index >= 15 is 0 Å². The van der Waals surface area contributed by atoms with Crippen molar-refractivity contribution in [1.29, 1.82) is 0 Å². The van der Waals surface area contributed by atoms with Crippen molar-refractivity contribution in [2.75, 3.05) is 12.3 Å². The van der Waals surface area contributed by atoms with Crippen LogP contribution in [0.4, 0.5) is 6.01 Å². The quantitative estimate of drug-likeness (QED) is 0.379. The van der Waals surface area contributed by atoms with Crippen LogP contribution in [0.2, 0.25) is 0 Å². The summed E-state index contributed by atoms with van der Waals surface area (Å²) in [5, 5.41) is 19.0. The van der Waals surface area contributed by atoms with Gasteiger partial charge in [0.2, 0.25) is 11.2 Å². The van der Waals surface area contributed by atoms with E-state index in [1.54, 1.807) is 10.9 Å². The van der Waals surface area contributed by atoms with E-state index in [2.05, 4.69) is 15.0 Å². The lowest BCUT2D eigenvalue weighted by Crippen LogP contribution is -2.24. The zero-order valence-electron chi connectivity index (χ0n) is 10.8. The summed E-state index contributed by atoms with van der Waals surface area (Å²) in [4.78, 5) is 12.6. The average Bonchev–Trinajstić information content (AvgIpc) is 3.12. The van der Waals surface area contributed by atoms with Gasteiger partial charge in [0, 0.05) is 6.42 Å². The van der Waals surface area contributed by atoms with Crippen molar-refractivity contribution in [2.24, 2.45) is 0 Å². The lowest BCUT2D eigenvalue weighted by Gasteiger charge is -2.12. The van der Waals surface area contributed by atoms with Gasteiger partial charge in [-0.25, -0.2) is 4.98 Å². The topological polar surface area (TPSA) is 137 Å². The standard InChI is InChI=1S/C11H12N6O4/c12-11-15-10-8-9(14-4-17(10)21-11)16(3-13-8)7-1-5(19)6(2-18)20-7/h3-7,12,18-19H,1-2H2/p+1/t5-,6+,7+/m0/s1/i3+1,12+1,13+1,15+1. The van der Waals surface area contributed by atoms with E-state index in [4.69, 9.17) is 20.1 Å². The Kier molecular flexibility index (Phi) is 2.58. The molecular weight excluding hydrogens is 284 g/mol. The average molecular weight is 297 g/mol. The second kappa shape index (κ2) is 4.35. The van der Waals surface area contributed by atoms with Crippen molar-refractivity contribution in [3.8, 4) is 0 Å². The van der Waals surface area contributed by atoms with Crippen LogP contribution in [0.1, 0.15) is 12.6 Å². The predicted molar refractivity (Wildman–Crippen MR) is 66.8 cm³/mol. The molecule has 3 aromatic rings. The molecule has 1 fully saturated rings. The fraction of sp³-hybridized carbons (Fsp3) is 0.455. The second-order valence-electron chi connectivity index (χ2n) is 4.87. The van der Waals surface area contributed by atoms with Gasteiger partial charge in [0.15, 0.2) is 0 Å². The van der Waals surface area contributed by atoms with Crippen LogP contribution in [0, 0.1) is 0 Å². The van der Waals surface area contributed by atoms with Crippen molar-refractivity contribution in [3.05, 3.63) is 12.7 Å². The molecule has 0 aliphatic carbocycles. The summed E-state index contributed by atoms with van der Waals surface area (Å²) in [6.07, 6.45) is 1.58. The number of ether oxygens (including phenoxy) is 1. The summed E-state index contributed by atoms with van der Waals surface area (Å²) < 4.78 is 13.8. The fourth-order valence-electron chi connectivity index (χ4n) is 2.56. The molecule has 10 heteroatoms. The van der Waals surface area contributed by atoms with Gasteiger partial charge < -0.3 is 20.7 Å². The van der Waals surface area contributed by atoms with Crippen LogP contribution >= 0.6 is 0 Å². The minimum Gasteiger partial charge on any atom is -0.394 e. The van der Waals surface area contributed by atoms with E-state index in [0.717, 1.165) is 0 Å². The summed E-state index contributed by atoms with van der Waals surface area (Å²) >= 11 is 0. The molecule has 4 N–H and O–H groups in total. The molecule has 21 heavy (non-hydrogen) atoms. The minimum atomic E-state index is -0.724. The molecule has 0 aromatic carbocycles. The lowest BCUT2D eigenvalue weighted by molar-refractivity contribution is -0.716. The largest absolute Gasteiger partial charge is 0.406 e. The van der Waals surface area contributed by atoms with Gasteiger partial charge >= 0.3 is 11.7 Å². The Morgan fingerprint density at radius 1 is 1.48 bits per heavy atom. The monoisotopic (exact) mass is 297 g/mol. The Morgan fingerprint density at radius 2 is 2.33 bits per heavy atom. The lowest BCUT2D eigenvalue weighted by atomic mass is 10.2. The highest BCUT2D eigenvalue weighted by Crippen LogP contribution is 2.30. The third-order valence-corrected chi connectivity index (χ3v) is 3.58. The maximum Gasteiger partial charge on any atom is 0.406 e. The fourth-order valence-corrected chi connectivity index (χ4v) is 2.56. The van der Waals surface area contributed by atoms with E-state index in [9.17, 15) is 5.11 Å². The minimum absolute atomic E-state index is 0.0201. The molecule has 1 saturated heterocycles. The second-order valence-corrected chi connectivity index (χ2v) is 4.87. The van der Waals surface area contributed by atoms with Gasteiger partial charge in [0.25, 0.3) is 6.33 Å². The molecule has 1 aliphatic rings. The molecule has 0 amide bonds. The SMILES string of the molecule is [15NH2]c1[15n]c2c3[15n][13cH]n([C@H]4C[C@H](O)[C@@H](CO)O4)c3nc[n+]2o1. The highest BCUT2D eigenvalue weighted by atomic mass is 16.5. The first kappa shape index (κ1) is 12.4. The number of hydrogen-bond donors (Lipinski definition) is 3. The summed E-state index contributed by atoms with van der Waals surface area (Å²) in [6, 6.07) is 0.0201. The summed E-state index contributed by atoms with van der Waals surface area (Å²) in [6.45, 7) is -0.238. The first-order valence-electron chi connectivity index (χ1n) is 6.41. The van der Waals surface area contributed by atoms with Crippen LogP contribution in [0.25, 0.3) is 16.8 Å². The zero-order chi connectivity index (χ0) is 14.6. The first-order valence-corrected chi connectivity index (χ1v) is 6.41. The Hall–Kier alpha value is -2.30. The van der Waals surface area contributed by atoms with Crippen LogP contribution in [-0.4, -0.2) is 48.5 Å². The molecule has 10 nitrogen and oxygen atoms in total. The number of rotatable bonds is 2. The van der Waals surface area contributed by atoms with Crippen molar-refractivity contribution < 1.29 is 24.0 Å². The van der Waals surface area contributed by atoms with Gasteiger partial charge in [-0.1, -0.05) is 4.98 Å². The molecule has 0 bridgehead atoms. The number of fused-ring (bicyclic) bond motifs is 3. The number of anilines is 1. The van der Waals surface area contributed by atoms with Gasteiger partial charge in [-0.3, -0.25) is 9.09 Å². The van der Waals surface area contributed by atoms with Gasteiger partial charge in [0.1, 0.15) is 18.7 Å². The van der Waals surface area contributed by atoms with Crippen LogP contribution in [0.5, 0.6) is 0 Å². The van der Waals surface area contributed by atoms with Crippen LogP contribution in [0.15, 0.2) is 17.2 Å². The van der Waals surface area contributed by atoms with Gasteiger partial charge in [0.05, 0.1) is 12.7 Å². The molecule has 0 spiro atoms. The number of aliphatic hydroxyl groups excluding tert-OH is 2. The molecule has 0 saturated carbocycles. The number of imidazole rings is 1. The van der Waals surface area contributed by atoms with E-state index in [1.807, 2.05) is 0 Å². The van der Waals surface area contributed by atoms with Gasteiger partial charge in [-0.05, 0) is 9.56 Å². The van der Waals surface area contributed by atoms with Crippen LogP contribution < -0.4 is 10.3 Å². The summed E-state index contributed by atoms with van der Waals surface area (Å²) in [7, 11) is 0. The smallest absolute Gasteiger partial charge is 0.394 e. The normalized spacial score (nSPS) is 26.1. The van der Waals surface area contributed by atoms with E-state index < -0.39 is 18.4 Å². The third-order valence-electron chi connectivity index (χ3n) is 3.58. The molecule has 4 heterocycles. The number of nitrogens with two attached hydrogens (primary N) is 1. The third kappa shape index (κ3) is 1.77. The number of nitrogen functional groups attached to an aromatic ring is 1. The molecular formula is C11H13N6O4+.